The molecule has 2 heterocycles. The van der Waals surface area contributed by atoms with Gasteiger partial charge in [0.1, 0.15) is 0 Å². The Labute approximate surface area is 101 Å². The van der Waals surface area contributed by atoms with Gasteiger partial charge in [-0.1, -0.05) is 5.10 Å². The van der Waals surface area contributed by atoms with E-state index in [1.165, 1.54) is 6.42 Å². The quantitative estimate of drug-likeness (QED) is 0.775. The Morgan fingerprint density at radius 3 is 3.18 bits per heavy atom. The minimum atomic E-state index is 0.257. The van der Waals surface area contributed by atoms with Crippen LogP contribution in [0.15, 0.2) is 4.42 Å². The summed E-state index contributed by atoms with van der Waals surface area (Å²) in [4.78, 5) is 2.12. The molecule has 6 nitrogen and oxygen atoms in total. The predicted molar refractivity (Wildman–Crippen MR) is 63.7 cm³/mol. The van der Waals surface area contributed by atoms with E-state index in [1.54, 1.807) is 0 Å². The van der Waals surface area contributed by atoms with E-state index >= 15 is 0 Å². The summed E-state index contributed by atoms with van der Waals surface area (Å²) < 4.78 is 5.57. The van der Waals surface area contributed by atoms with E-state index in [1.807, 2.05) is 7.05 Å². The summed E-state index contributed by atoms with van der Waals surface area (Å²) in [7, 11) is 1.85. The van der Waals surface area contributed by atoms with Crippen LogP contribution >= 0.6 is 0 Å². The molecule has 1 aliphatic rings. The van der Waals surface area contributed by atoms with Crippen molar-refractivity contribution in [2.75, 3.05) is 31.6 Å². The molecule has 1 saturated heterocycles. The summed E-state index contributed by atoms with van der Waals surface area (Å²) in [5.74, 6) is 1.15. The highest BCUT2D eigenvalue weighted by Gasteiger charge is 2.23. The Kier molecular flexibility index (Phi) is 4.33. The van der Waals surface area contributed by atoms with Gasteiger partial charge in [-0.05, 0) is 32.2 Å². The smallest absolute Gasteiger partial charge is 0.318 e. The van der Waals surface area contributed by atoms with Gasteiger partial charge in [0.05, 0.1) is 6.54 Å². The zero-order chi connectivity index (χ0) is 12.1. The molecule has 0 saturated carbocycles. The zero-order valence-corrected chi connectivity index (χ0v) is 10.2. The lowest BCUT2D eigenvalue weighted by Crippen LogP contribution is -2.36. The van der Waals surface area contributed by atoms with Crippen LogP contribution in [0, 0.1) is 5.92 Å². The summed E-state index contributed by atoms with van der Waals surface area (Å²) in [6, 6.07) is 0.609. The van der Waals surface area contributed by atoms with E-state index in [4.69, 9.17) is 9.52 Å². The van der Waals surface area contributed by atoms with Crippen LogP contribution in [0.1, 0.15) is 25.2 Å². The lowest BCUT2D eigenvalue weighted by Gasteiger charge is -2.30. The summed E-state index contributed by atoms with van der Waals surface area (Å²) >= 11 is 0. The van der Waals surface area contributed by atoms with Crippen molar-refractivity contribution in [1.82, 2.24) is 15.5 Å². The second kappa shape index (κ2) is 5.97. The van der Waals surface area contributed by atoms with Crippen molar-refractivity contribution in [3.63, 3.8) is 0 Å². The van der Waals surface area contributed by atoms with Crippen LogP contribution in [0.4, 0.5) is 6.01 Å². The molecule has 0 radical (unpaired) electrons. The van der Waals surface area contributed by atoms with Gasteiger partial charge in [-0.3, -0.25) is 0 Å². The molecule has 1 aliphatic heterocycles. The van der Waals surface area contributed by atoms with Crippen molar-refractivity contribution in [3.05, 3.63) is 5.89 Å². The van der Waals surface area contributed by atoms with E-state index in [0.717, 1.165) is 25.9 Å². The zero-order valence-electron chi connectivity index (χ0n) is 10.2. The maximum atomic E-state index is 8.97. The van der Waals surface area contributed by atoms with Crippen molar-refractivity contribution >= 4 is 6.01 Å². The SMILES string of the molecule is CNCc1nnc(N2CCCC(CCO)C2)o1. The molecule has 0 bridgehead atoms. The number of piperidine rings is 1. The standard InChI is InChI=1S/C11H20N4O2/c1-12-7-10-13-14-11(17-10)15-5-2-3-9(8-15)4-6-16/h9,12,16H,2-8H2,1H3. The number of anilines is 1. The summed E-state index contributed by atoms with van der Waals surface area (Å²) in [6.07, 6.45) is 3.15. The van der Waals surface area contributed by atoms with Gasteiger partial charge in [-0.25, -0.2) is 0 Å². The van der Waals surface area contributed by atoms with E-state index < -0.39 is 0 Å². The van der Waals surface area contributed by atoms with Gasteiger partial charge in [-0.15, -0.1) is 5.10 Å². The Hall–Kier alpha value is -1.14. The van der Waals surface area contributed by atoms with Crippen molar-refractivity contribution in [2.45, 2.75) is 25.8 Å². The molecule has 0 aromatic carbocycles. The molecular weight excluding hydrogens is 220 g/mol. The first-order chi connectivity index (χ1) is 8.33. The van der Waals surface area contributed by atoms with Crippen LogP contribution in [-0.2, 0) is 6.54 Å². The molecule has 0 spiro atoms. The first-order valence-electron chi connectivity index (χ1n) is 6.16. The third-order valence-corrected chi connectivity index (χ3v) is 3.11. The summed E-state index contributed by atoms with van der Waals surface area (Å²) in [6.45, 7) is 2.72. The maximum absolute atomic E-state index is 8.97. The summed E-state index contributed by atoms with van der Waals surface area (Å²) in [5.41, 5.74) is 0. The number of aliphatic hydroxyl groups is 1. The van der Waals surface area contributed by atoms with Crippen LogP contribution < -0.4 is 10.2 Å². The second-order valence-corrected chi connectivity index (χ2v) is 4.48. The molecule has 0 aliphatic carbocycles. The van der Waals surface area contributed by atoms with E-state index in [2.05, 4.69) is 20.4 Å². The summed E-state index contributed by atoms with van der Waals surface area (Å²) in [5, 5.41) is 20.0. The fourth-order valence-electron chi connectivity index (χ4n) is 2.25. The molecule has 1 fully saturated rings. The first-order valence-corrected chi connectivity index (χ1v) is 6.16. The normalized spacial score (nSPS) is 20.8. The molecule has 1 atom stereocenters. The molecule has 96 valence electrons. The number of nitrogens with one attached hydrogen (secondary N) is 1. The van der Waals surface area contributed by atoms with Gasteiger partial charge < -0.3 is 19.7 Å². The molecule has 2 N–H and O–H groups in total. The molecule has 1 unspecified atom stereocenters. The molecule has 0 amide bonds. The number of hydrogen-bond donors (Lipinski definition) is 2. The van der Waals surface area contributed by atoms with Gasteiger partial charge in [0.2, 0.25) is 5.89 Å². The molecule has 1 aromatic heterocycles. The average Bonchev–Trinajstić information content (AvgIpc) is 2.79. The largest absolute Gasteiger partial charge is 0.407 e. The molecule has 1 aromatic rings. The van der Waals surface area contributed by atoms with Crippen molar-refractivity contribution in [2.24, 2.45) is 5.92 Å². The van der Waals surface area contributed by atoms with E-state index in [0.29, 0.717) is 24.4 Å². The molecule has 2 rings (SSSR count). The van der Waals surface area contributed by atoms with Crippen molar-refractivity contribution < 1.29 is 9.52 Å². The van der Waals surface area contributed by atoms with Crippen LogP contribution in [0.5, 0.6) is 0 Å². The van der Waals surface area contributed by atoms with Crippen LogP contribution in [0.25, 0.3) is 0 Å². The second-order valence-electron chi connectivity index (χ2n) is 4.48. The topological polar surface area (TPSA) is 74.4 Å². The van der Waals surface area contributed by atoms with Crippen molar-refractivity contribution in [3.8, 4) is 0 Å². The minimum Gasteiger partial charge on any atom is -0.407 e. The van der Waals surface area contributed by atoms with Gasteiger partial charge in [0, 0.05) is 19.7 Å². The van der Waals surface area contributed by atoms with Crippen LogP contribution in [0.2, 0.25) is 0 Å². The number of aromatic nitrogens is 2. The molecular formula is C11H20N4O2. The highest BCUT2D eigenvalue weighted by molar-refractivity contribution is 5.25. The van der Waals surface area contributed by atoms with Gasteiger partial charge in [0.15, 0.2) is 0 Å². The van der Waals surface area contributed by atoms with Crippen molar-refractivity contribution in [1.29, 1.82) is 0 Å². The molecule has 17 heavy (non-hydrogen) atoms. The molecule has 6 heteroatoms. The third-order valence-electron chi connectivity index (χ3n) is 3.11. The van der Waals surface area contributed by atoms with Gasteiger partial charge in [-0.2, -0.15) is 0 Å². The number of nitrogens with zero attached hydrogens (tertiary/aromatic N) is 3. The highest BCUT2D eigenvalue weighted by atomic mass is 16.4. The van der Waals surface area contributed by atoms with E-state index in [-0.39, 0.29) is 6.61 Å². The predicted octanol–water partition coefficient (Wildman–Crippen LogP) is 0.388. The monoisotopic (exact) mass is 240 g/mol. The number of aliphatic hydroxyl groups excluding tert-OH is 1. The first kappa shape index (κ1) is 12.3. The van der Waals surface area contributed by atoms with Crippen LogP contribution in [-0.4, -0.2) is 42.0 Å². The van der Waals surface area contributed by atoms with E-state index in [9.17, 15) is 0 Å². The third kappa shape index (κ3) is 3.17. The lowest BCUT2D eigenvalue weighted by atomic mass is 9.95. The Bertz CT molecular complexity index is 340. The van der Waals surface area contributed by atoms with Gasteiger partial charge >= 0.3 is 6.01 Å². The Morgan fingerprint density at radius 1 is 1.53 bits per heavy atom. The van der Waals surface area contributed by atoms with Gasteiger partial charge in [0.25, 0.3) is 0 Å². The minimum absolute atomic E-state index is 0.257. The lowest BCUT2D eigenvalue weighted by molar-refractivity contribution is 0.242. The fourth-order valence-corrected chi connectivity index (χ4v) is 2.25. The number of hydrogen-bond acceptors (Lipinski definition) is 6. The Morgan fingerprint density at radius 2 is 2.41 bits per heavy atom. The fraction of sp³-hybridized carbons (Fsp3) is 0.818. The Balaban J connectivity index is 1.95. The maximum Gasteiger partial charge on any atom is 0.318 e. The van der Waals surface area contributed by atoms with Crippen LogP contribution in [0.3, 0.4) is 0 Å². The average molecular weight is 240 g/mol. The highest BCUT2D eigenvalue weighted by Crippen LogP contribution is 2.23. The number of rotatable bonds is 5.